The van der Waals surface area contributed by atoms with Crippen LogP contribution in [0.25, 0.3) is 6.08 Å². The SMILES string of the molecule is CCC1=C(C(=O)OC)[C@@H](c2ccccc2)n2c(s/c(=C/c3cc(Cl)ccc3OCc3ccc(Br)cc3)c2=O)=N1. The zero-order valence-electron chi connectivity index (χ0n) is 21.2. The molecular formula is C30H24BrClN2O4S. The number of nitrogens with zero attached hydrogens (tertiary/aromatic N) is 2. The van der Waals surface area contributed by atoms with Crippen molar-refractivity contribution in [2.45, 2.75) is 26.0 Å². The van der Waals surface area contributed by atoms with Gasteiger partial charge < -0.3 is 9.47 Å². The summed E-state index contributed by atoms with van der Waals surface area (Å²) in [5, 5.41) is 0.522. The van der Waals surface area contributed by atoms with Crippen LogP contribution in [0.1, 0.15) is 36.1 Å². The quantitative estimate of drug-likeness (QED) is 0.244. The third kappa shape index (κ3) is 5.64. The van der Waals surface area contributed by atoms with E-state index in [2.05, 4.69) is 15.9 Å². The van der Waals surface area contributed by atoms with E-state index in [9.17, 15) is 9.59 Å². The molecule has 5 rings (SSSR count). The molecule has 0 fully saturated rings. The number of aromatic nitrogens is 1. The molecule has 0 bridgehead atoms. The van der Waals surface area contributed by atoms with Gasteiger partial charge in [0.15, 0.2) is 4.80 Å². The van der Waals surface area contributed by atoms with Crippen LogP contribution in [0.4, 0.5) is 0 Å². The average molecular weight is 624 g/mol. The van der Waals surface area contributed by atoms with Gasteiger partial charge in [0.1, 0.15) is 12.4 Å². The van der Waals surface area contributed by atoms with Gasteiger partial charge in [-0.05, 0) is 54.0 Å². The lowest BCUT2D eigenvalue weighted by Gasteiger charge is -2.25. The summed E-state index contributed by atoms with van der Waals surface area (Å²) in [6, 6.07) is 22.0. The normalized spacial score (nSPS) is 15.1. The average Bonchev–Trinajstić information content (AvgIpc) is 3.26. The van der Waals surface area contributed by atoms with Crippen LogP contribution in [-0.4, -0.2) is 17.6 Å². The number of halogens is 2. The van der Waals surface area contributed by atoms with Gasteiger partial charge in [0.2, 0.25) is 0 Å². The molecule has 0 unspecified atom stereocenters. The predicted molar refractivity (Wildman–Crippen MR) is 157 cm³/mol. The fraction of sp³-hybridized carbons (Fsp3) is 0.167. The topological polar surface area (TPSA) is 69.9 Å². The molecule has 9 heteroatoms. The molecule has 0 amide bonds. The molecule has 0 aliphatic carbocycles. The molecule has 1 aliphatic heterocycles. The summed E-state index contributed by atoms with van der Waals surface area (Å²) >= 11 is 11.0. The second kappa shape index (κ2) is 11.7. The van der Waals surface area contributed by atoms with Crippen molar-refractivity contribution < 1.29 is 14.3 Å². The smallest absolute Gasteiger partial charge is 0.338 e. The predicted octanol–water partition coefficient (Wildman–Crippen LogP) is 5.79. The highest BCUT2D eigenvalue weighted by Crippen LogP contribution is 2.32. The van der Waals surface area contributed by atoms with Gasteiger partial charge in [-0.1, -0.05) is 88.3 Å². The molecule has 0 radical (unpaired) electrons. The first-order valence-corrected chi connectivity index (χ1v) is 14.2. The Morgan fingerprint density at radius 2 is 1.87 bits per heavy atom. The second-order valence-electron chi connectivity index (χ2n) is 8.80. The zero-order valence-corrected chi connectivity index (χ0v) is 24.3. The number of carbonyl (C=O) groups is 1. The van der Waals surface area contributed by atoms with E-state index < -0.39 is 12.0 Å². The van der Waals surface area contributed by atoms with Crippen LogP contribution < -0.4 is 19.6 Å². The number of esters is 1. The Labute approximate surface area is 242 Å². The molecule has 39 heavy (non-hydrogen) atoms. The maximum atomic E-state index is 13.9. The Morgan fingerprint density at radius 3 is 2.56 bits per heavy atom. The number of carbonyl (C=O) groups excluding carboxylic acids is 1. The fourth-order valence-corrected chi connectivity index (χ4v) is 5.92. The molecule has 2 heterocycles. The Bertz CT molecular complexity index is 1740. The van der Waals surface area contributed by atoms with E-state index in [4.69, 9.17) is 26.1 Å². The molecule has 0 spiro atoms. The van der Waals surface area contributed by atoms with Crippen LogP contribution in [0.2, 0.25) is 5.02 Å². The number of ether oxygens (including phenoxy) is 2. The maximum absolute atomic E-state index is 13.9. The van der Waals surface area contributed by atoms with E-state index in [1.807, 2.05) is 61.5 Å². The molecule has 1 aliphatic rings. The Kier molecular flexibility index (Phi) is 8.16. The fourth-order valence-electron chi connectivity index (χ4n) is 4.46. The first-order valence-electron chi connectivity index (χ1n) is 12.2. The van der Waals surface area contributed by atoms with Crippen molar-refractivity contribution in [3.8, 4) is 5.75 Å². The van der Waals surface area contributed by atoms with E-state index in [1.54, 1.807) is 28.8 Å². The monoisotopic (exact) mass is 622 g/mol. The van der Waals surface area contributed by atoms with Crippen LogP contribution in [-0.2, 0) is 16.1 Å². The minimum atomic E-state index is -0.653. The maximum Gasteiger partial charge on any atom is 0.338 e. The highest BCUT2D eigenvalue weighted by atomic mass is 79.9. The van der Waals surface area contributed by atoms with Gasteiger partial charge in [-0.3, -0.25) is 9.36 Å². The molecule has 0 N–H and O–H groups in total. The first-order chi connectivity index (χ1) is 18.9. The van der Waals surface area contributed by atoms with Gasteiger partial charge in [-0.25, -0.2) is 9.79 Å². The van der Waals surface area contributed by atoms with Crippen LogP contribution >= 0.6 is 38.9 Å². The standard InChI is InChI=1S/C30H24BrClN2O4S/c1-3-23-26(29(36)37-2)27(19-7-5-4-6-8-19)34-28(35)25(39-30(34)33-23)16-20-15-22(32)13-14-24(20)38-17-18-9-11-21(31)12-10-18/h4-16,27H,3,17H2,1-2H3/b25-16+/t27-/m1/s1. The molecule has 1 aromatic heterocycles. The summed E-state index contributed by atoms with van der Waals surface area (Å²) in [7, 11) is 1.34. The molecule has 6 nitrogen and oxygen atoms in total. The minimum Gasteiger partial charge on any atom is -0.488 e. The van der Waals surface area contributed by atoms with E-state index in [0.29, 0.717) is 50.0 Å². The van der Waals surface area contributed by atoms with Crippen LogP contribution in [0, 0.1) is 0 Å². The first kappa shape index (κ1) is 27.1. The van der Waals surface area contributed by atoms with E-state index in [1.165, 1.54) is 18.4 Å². The third-order valence-electron chi connectivity index (χ3n) is 6.33. The highest BCUT2D eigenvalue weighted by Gasteiger charge is 2.33. The highest BCUT2D eigenvalue weighted by molar-refractivity contribution is 9.10. The van der Waals surface area contributed by atoms with Gasteiger partial charge in [-0.2, -0.15) is 0 Å². The Morgan fingerprint density at radius 1 is 1.13 bits per heavy atom. The third-order valence-corrected chi connectivity index (χ3v) is 8.08. The number of hydrogen-bond donors (Lipinski definition) is 0. The molecule has 4 aromatic rings. The van der Waals surface area contributed by atoms with Crippen molar-refractivity contribution in [2.24, 2.45) is 4.99 Å². The van der Waals surface area contributed by atoms with Crippen molar-refractivity contribution in [1.29, 1.82) is 0 Å². The summed E-state index contributed by atoms with van der Waals surface area (Å²) in [5.41, 5.74) is 3.18. The second-order valence-corrected chi connectivity index (χ2v) is 11.2. The summed E-state index contributed by atoms with van der Waals surface area (Å²) in [5.74, 6) is 0.0921. The molecule has 198 valence electrons. The molecule has 1 atom stereocenters. The lowest BCUT2D eigenvalue weighted by Crippen LogP contribution is -2.40. The van der Waals surface area contributed by atoms with Gasteiger partial charge in [0.05, 0.1) is 29.0 Å². The number of thiazole rings is 1. The summed E-state index contributed by atoms with van der Waals surface area (Å²) in [6.45, 7) is 2.28. The van der Waals surface area contributed by atoms with Crippen molar-refractivity contribution in [3.05, 3.63) is 130 Å². The molecule has 0 saturated heterocycles. The van der Waals surface area contributed by atoms with E-state index >= 15 is 0 Å². The Hall–Kier alpha value is -3.46. The van der Waals surface area contributed by atoms with Crippen molar-refractivity contribution in [3.63, 3.8) is 0 Å². The largest absolute Gasteiger partial charge is 0.488 e. The number of rotatable bonds is 7. The number of benzene rings is 3. The summed E-state index contributed by atoms with van der Waals surface area (Å²) in [4.78, 5) is 32.1. The van der Waals surface area contributed by atoms with Crippen LogP contribution in [0.3, 0.4) is 0 Å². The van der Waals surface area contributed by atoms with Gasteiger partial charge >= 0.3 is 5.97 Å². The number of allylic oxidation sites excluding steroid dienone is 1. The molecular weight excluding hydrogens is 600 g/mol. The van der Waals surface area contributed by atoms with E-state index in [-0.39, 0.29) is 5.56 Å². The van der Waals surface area contributed by atoms with Gasteiger partial charge in [0.25, 0.3) is 5.56 Å². The van der Waals surface area contributed by atoms with Gasteiger partial charge in [0, 0.05) is 15.1 Å². The Balaban J connectivity index is 1.63. The number of hydrogen-bond acceptors (Lipinski definition) is 6. The number of fused-ring (bicyclic) bond motifs is 1. The molecule has 0 saturated carbocycles. The zero-order chi connectivity index (χ0) is 27.5. The lowest BCUT2D eigenvalue weighted by atomic mass is 9.95. The minimum absolute atomic E-state index is 0.261. The molecule has 3 aromatic carbocycles. The van der Waals surface area contributed by atoms with Crippen molar-refractivity contribution >= 4 is 50.9 Å². The van der Waals surface area contributed by atoms with E-state index in [0.717, 1.165) is 15.6 Å². The summed E-state index contributed by atoms with van der Waals surface area (Å²) < 4.78 is 14.3. The summed E-state index contributed by atoms with van der Waals surface area (Å²) in [6.07, 6.45) is 2.28. The number of methoxy groups -OCH3 is 1. The lowest BCUT2D eigenvalue weighted by molar-refractivity contribution is -0.136. The van der Waals surface area contributed by atoms with Crippen molar-refractivity contribution in [1.82, 2.24) is 4.57 Å². The van der Waals surface area contributed by atoms with Crippen LogP contribution in [0.5, 0.6) is 5.75 Å². The van der Waals surface area contributed by atoms with Crippen LogP contribution in [0.15, 0.2) is 98.3 Å². The van der Waals surface area contributed by atoms with Gasteiger partial charge in [-0.15, -0.1) is 0 Å². The van der Waals surface area contributed by atoms with Crippen molar-refractivity contribution in [2.75, 3.05) is 7.11 Å².